The lowest BCUT2D eigenvalue weighted by molar-refractivity contribution is 1.31. The molecule has 0 amide bonds. The molecule has 49 heavy (non-hydrogen) atoms. The fraction of sp³-hybridized carbons (Fsp3) is 0. The number of benzene rings is 9. The van der Waals surface area contributed by atoms with E-state index in [1.54, 1.807) is 0 Å². The van der Waals surface area contributed by atoms with Gasteiger partial charge in [-0.25, -0.2) is 0 Å². The van der Waals surface area contributed by atoms with Crippen LogP contribution in [0.3, 0.4) is 0 Å². The Morgan fingerprint density at radius 3 is 1.78 bits per heavy atom. The lowest BCUT2D eigenvalue weighted by Gasteiger charge is -2.27. The molecule has 0 saturated carbocycles. The number of thiophene rings is 2. The third-order valence-corrected chi connectivity index (χ3v) is 12.5. The molecule has 1 nitrogen and oxygen atoms in total. The molecule has 0 spiro atoms. The van der Waals surface area contributed by atoms with Crippen LogP contribution < -0.4 is 4.90 Å². The van der Waals surface area contributed by atoms with Crippen molar-refractivity contribution in [2.75, 3.05) is 4.90 Å². The normalized spacial score (nSPS) is 12.1. The first kappa shape index (κ1) is 27.2. The first-order chi connectivity index (χ1) is 24.3. The van der Waals surface area contributed by atoms with Crippen LogP contribution in [-0.4, -0.2) is 0 Å². The third kappa shape index (κ3) is 4.04. The SMILES string of the molecule is c1ccc2c(c1)ccc1c3cc(N(c4ccc5c(c4)sc4c6ccccc6ccc54)c4cccc5sc6ccccc6c45)ccc3ccc21. The van der Waals surface area contributed by atoms with E-state index in [1.807, 2.05) is 22.7 Å². The molecule has 11 aromatic rings. The molecule has 0 atom stereocenters. The standard InChI is InChI=1S/C46H27NS2/c1-3-10-33-28(8-1)17-23-36-35(33)22-18-30-16-20-31(26-40(30)36)47(41-13-7-15-43-45(41)39-12-5-6-14-42(39)48-43)32-21-25-37-38-24-19-29-9-2-4-11-34(29)46(38)49-44(37)27-32/h1-27H. The highest BCUT2D eigenvalue weighted by atomic mass is 32.1. The van der Waals surface area contributed by atoms with E-state index in [-0.39, 0.29) is 0 Å². The van der Waals surface area contributed by atoms with Crippen molar-refractivity contribution in [3.63, 3.8) is 0 Å². The van der Waals surface area contributed by atoms with Crippen LogP contribution in [0.4, 0.5) is 17.1 Å². The van der Waals surface area contributed by atoms with Gasteiger partial charge in [-0.2, -0.15) is 0 Å². The molecule has 0 bridgehead atoms. The molecular formula is C46H27NS2. The van der Waals surface area contributed by atoms with E-state index in [2.05, 4.69) is 169 Å². The van der Waals surface area contributed by atoms with Crippen molar-refractivity contribution < 1.29 is 0 Å². The lowest BCUT2D eigenvalue weighted by Crippen LogP contribution is -2.10. The predicted molar refractivity (Wildman–Crippen MR) is 217 cm³/mol. The Balaban J connectivity index is 1.21. The van der Waals surface area contributed by atoms with Gasteiger partial charge in [-0.05, 0) is 85.6 Å². The average Bonchev–Trinajstić information content (AvgIpc) is 3.73. The van der Waals surface area contributed by atoms with Gasteiger partial charge in [0.25, 0.3) is 0 Å². The molecule has 0 aliphatic heterocycles. The molecule has 11 rings (SSSR count). The van der Waals surface area contributed by atoms with Crippen LogP contribution in [0.1, 0.15) is 0 Å². The maximum absolute atomic E-state index is 2.49. The number of hydrogen-bond donors (Lipinski definition) is 0. The van der Waals surface area contributed by atoms with Gasteiger partial charge < -0.3 is 4.90 Å². The molecular weight excluding hydrogens is 631 g/mol. The maximum atomic E-state index is 2.49. The van der Waals surface area contributed by atoms with Crippen molar-refractivity contribution in [3.05, 3.63) is 164 Å². The highest BCUT2D eigenvalue weighted by molar-refractivity contribution is 7.27. The van der Waals surface area contributed by atoms with E-state index in [1.165, 1.54) is 89.1 Å². The minimum atomic E-state index is 1.15. The van der Waals surface area contributed by atoms with E-state index in [0.29, 0.717) is 0 Å². The van der Waals surface area contributed by atoms with Gasteiger partial charge in [-0.1, -0.05) is 121 Å². The van der Waals surface area contributed by atoms with Crippen molar-refractivity contribution >= 4 is 123 Å². The van der Waals surface area contributed by atoms with Crippen LogP contribution in [0, 0.1) is 0 Å². The predicted octanol–water partition coefficient (Wildman–Crippen LogP) is 14.5. The maximum Gasteiger partial charge on any atom is 0.0554 e. The van der Waals surface area contributed by atoms with Crippen LogP contribution in [0.5, 0.6) is 0 Å². The van der Waals surface area contributed by atoms with Crippen molar-refractivity contribution in [1.82, 2.24) is 0 Å². The fourth-order valence-electron chi connectivity index (χ4n) is 7.95. The lowest BCUT2D eigenvalue weighted by atomic mass is 9.96. The van der Waals surface area contributed by atoms with E-state index in [0.717, 1.165) is 11.4 Å². The molecule has 0 radical (unpaired) electrons. The second-order valence-corrected chi connectivity index (χ2v) is 15.0. The van der Waals surface area contributed by atoms with Crippen molar-refractivity contribution in [2.45, 2.75) is 0 Å². The summed E-state index contributed by atoms with van der Waals surface area (Å²) in [5.74, 6) is 0. The monoisotopic (exact) mass is 657 g/mol. The zero-order valence-electron chi connectivity index (χ0n) is 26.4. The largest absolute Gasteiger partial charge is 0.310 e. The molecule has 0 aliphatic rings. The van der Waals surface area contributed by atoms with E-state index >= 15 is 0 Å². The summed E-state index contributed by atoms with van der Waals surface area (Å²) < 4.78 is 5.27. The van der Waals surface area contributed by atoms with Crippen LogP contribution in [0.15, 0.2) is 164 Å². The van der Waals surface area contributed by atoms with Gasteiger partial charge in [0, 0.05) is 51.7 Å². The zero-order chi connectivity index (χ0) is 32.1. The summed E-state index contributed by atoms with van der Waals surface area (Å²) >= 11 is 3.77. The zero-order valence-corrected chi connectivity index (χ0v) is 28.0. The van der Waals surface area contributed by atoms with Gasteiger partial charge in [0.1, 0.15) is 0 Å². The minimum absolute atomic E-state index is 1.15. The summed E-state index contributed by atoms with van der Waals surface area (Å²) in [7, 11) is 0. The first-order valence-electron chi connectivity index (χ1n) is 16.7. The third-order valence-electron chi connectivity index (χ3n) is 10.2. The average molecular weight is 658 g/mol. The van der Waals surface area contributed by atoms with Crippen LogP contribution in [-0.2, 0) is 0 Å². The van der Waals surface area contributed by atoms with Gasteiger partial charge in [-0.15, -0.1) is 22.7 Å². The molecule has 0 unspecified atom stereocenters. The topological polar surface area (TPSA) is 3.24 Å². The highest BCUT2D eigenvalue weighted by Crippen LogP contribution is 2.47. The quantitative estimate of drug-likeness (QED) is 0.171. The molecule has 9 aromatic carbocycles. The molecule has 0 fully saturated rings. The van der Waals surface area contributed by atoms with Gasteiger partial charge in [0.15, 0.2) is 0 Å². The molecule has 2 heterocycles. The van der Waals surface area contributed by atoms with Gasteiger partial charge >= 0.3 is 0 Å². The van der Waals surface area contributed by atoms with Crippen molar-refractivity contribution in [2.24, 2.45) is 0 Å². The second kappa shape index (κ2) is 10.4. The Kier molecular flexibility index (Phi) is 5.77. The van der Waals surface area contributed by atoms with E-state index < -0.39 is 0 Å². The van der Waals surface area contributed by atoms with Gasteiger partial charge in [0.05, 0.1) is 5.69 Å². The number of hydrogen-bond acceptors (Lipinski definition) is 3. The summed E-state index contributed by atoms with van der Waals surface area (Å²) in [4.78, 5) is 2.49. The Bertz CT molecular complexity index is 3130. The van der Waals surface area contributed by atoms with Gasteiger partial charge in [-0.3, -0.25) is 0 Å². The second-order valence-electron chi connectivity index (χ2n) is 12.9. The number of anilines is 3. The minimum Gasteiger partial charge on any atom is -0.310 e. The number of fused-ring (bicyclic) bond motifs is 13. The highest BCUT2D eigenvalue weighted by Gasteiger charge is 2.20. The molecule has 0 N–H and O–H groups in total. The molecule has 0 saturated heterocycles. The molecule has 2 aromatic heterocycles. The Morgan fingerprint density at radius 2 is 0.918 bits per heavy atom. The fourth-order valence-corrected chi connectivity index (χ4v) is 10.3. The van der Waals surface area contributed by atoms with Crippen LogP contribution in [0.2, 0.25) is 0 Å². The first-order valence-corrected chi connectivity index (χ1v) is 18.3. The summed E-state index contributed by atoms with van der Waals surface area (Å²) in [6, 6.07) is 60.8. The van der Waals surface area contributed by atoms with E-state index in [9.17, 15) is 0 Å². The van der Waals surface area contributed by atoms with Gasteiger partial charge in [0.2, 0.25) is 0 Å². The Morgan fingerprint density at radius 1 is 0.327 bits per heavy atom. The van der Waals surface area contributed by atoms with Crippen LogP contribution in [0.25, 0.3) is 83.4 Å². The Labute approximate surface area is 290 Å². The smallest absolute Gasteiger partial charge is 0.0554 e. The summed E-state index contributed by atoms with van der Waals surface area (Å²) in [5, 5.41) is 15.5. The summed E-state index contributed by atoms with van der Waals surface area (Å²) in [6.07, 6.45) is 0. The van der Waals surface area contributed by atoms with E-state index in [4.69, 9.17) is 0 Å². The summed E-state index contributed by atoms with van der Waals surface area (Å²) in [5.41, 5.74) is 3.52. The number of nitrogens with zero attached hydrogens (tertiary/aromatic N) is 1. The van der Waals surface area contributed by atoms with Crippen molar-refractivity contribution in [1.29, 1.82) is 0 Å². The molecule has 0 aliphatic carbocycles. The Hall–Kier alpha value is -5.74. The molecule has 3 heteroatoms. The number of rotatable bonds is 3. The van der Waals surface area contributed by atoms with Crippen molar-refractivity contribution in [3.8, 4) is 0 Å². The molecule has 228 valence electrons. The summed E-state index contributed by atoms with van der Waals surface area (Å²) in [6.45, 7) is 0. The van der Waals surface area contributed by atoms with Crippen LogP contribution >= 0.6 is 22.7 Å².